The lowest BCUT2D eigenvalue weighted by Crippen LogP contribution is -2.09. The fourth-order valence-electron chi connectivity index (χ4n) is 8.51. The van der Waals surface area contributed by atoms with Crippen LogP contribution in [0.3, 0.4) is 0 Å². The van der Waals surface area contributed by atoms with Crippen LogP contribution in [0.25, 0.3) is 65.4 Å². The number of benzene rings is 10. The third-order valence-electron chi connectivity index (χ3n) is 11.2. The summed E-state index contributed by atoms with van der Waals surface area (Å²) in [6, 6.07) is 77.9. The summed E-state index contributed by atoms with van der Waals surface area (Å²) in [5, 5.41) is 9.37. The van der Waals surface area contributed by atoms with Crippen LogP contribution >= 0.6 is 0 Å². The van der Waals surface area contributed by atoms with Crippen molar-refractivity contribution >= 4 is 88.4 Å². The second-order valence-corrected chi connectivity index (χ2v) is 14.5. The third-order valence-corrected chi connectivity index (χ3v) is 11.2. The number of fused-ring (bicyclic) bond motifs is 9. The third kappa shape index (κ3) is 5.68. The molecule has 0 aliphatic rings. The molecule has 11 aromatic rings. The van der Waals surface area contributed by atoms with Gasteiger partial charge < -0.3 is 14.2 Å². The van der Waals surface area contributed by atoms with Crippen LogP contribution in [-0.2, 0) is 0 Å². The highest BCUT2D eigenvalue weighted by Gasteiger charge is 2.20. The Kier molecular flexibility index (Phi) is 7.82. The Balaban J connectivity index is 1.03. The summed E-state index contributed by atoms with van der Waals surface area (Å²) in [6.07, 6.45) is 0. The molecule has 3 nitrogen and oxygen atoms in total. The van der Waals surface area contributed by atoms with Crippen molar-refractivity contribution in [3.63, 3.8) is 0 Å². The lowest BCUT2D eigenvalue weighted by atomic mass is 9.94. The van der Waals surface area contributed by atoms with E-state index in [1.807, 2.05) is 0 Å². The lowest BCUT2D eigenvalue weighted by Gasteiger charge is -2.25. The number of hydrogen-bond donors (Lipinski definition) is 0. The van der Waals surface area contributed by atoms with Gasteiger partial charge in [-0.25, -0.2) is 0 Å². The second-order valence-electron chi connectivity index (χ2n) is 14.5. The molecule has 0 spiro atoms. The van der Waals surface area contributed by atoms with Gasteiger partial charge in [-0.15, -0.1) is 0 Å². The number of anilines is 6. The second kappa shape index (κ2) is 13.6. The number of para-hydroxylation sites is 3. The van der Waals surface area contributed by atoms with E-state index in [1.165, 1.54) is 26.9 Å². The van der Waals surface area contributed by atoms with Crippen LogP contribution < -0.4 is 9.80 Å². The van der Waals surface area contributed by atoms with E-state index >= 15 is 0 Å². The Morgan fingerprint density at radius 2 is 0.772 bits per heavy atom. The van der Waals surface area contributed by atoms with E-state index in [4.69, 9.17) is 4.42 Å². The molecule has 57 heavy (non-hydrogen) atoms. The van der Waals surface area contributed by atoms with Crippen molar-refractivity contribution in [3.05, 3.63) is 218 Å². The number of furan rings is 1. The highest BCUT2D eigenvalue weighted by Crippen LogP contribution is 2.45. The van der Waals surface area contributed by atoms with Gasteiger partial charge in [-0.2, -0.15) is 0 Å². The number of hydrogen-bond acceptors (Lipinski definition) is 3. The Bertz CT molecular complexity index is 3190. The molecular formula is C54H36N2O. The van der Waals surface area contributed by atoms with Gasteiger partial charge in [-0.05, 0) is 123 Å². The van der Waals surface area contributed by atoms with Gasteiger partial charge in [0.05, 0.1) is 0 Å². The molecule has 268 valence electrons. The molecule has 0 atom stereocenters. The minimum absolute atomic E-state index is 0.864. The topological polar surface area (TPSA) is 19.6 Å². The van der Waals surface area contributed by atoms with Gasteiger partial charge in [0, 0.05) is 56.3 Å². The van der Waals surface area contributed by atoms with Crippen molar-refractivity contribution in [2.45, 2.75) is 0 Å². The lowest BCUT2D eigenvalue weighted by molar-refractivity contribution is 0.673. The van der Waals surface area contributed by atoms with Crippen molar-refractivity contribution < 1.29 is 4.42 Å². The molecular weight excluding hydrogens is 693 g/mol. The Labute approximate surface area is 330 Å². The summed E-state index contributed by atoms with van der Waals surface area (Å²) in [5.41, 5.74) is 10.7. The zero-order valence-corrected chi connectivity index (χ0v) is 31.1. The molecule has 0 aliphatic carbocycles. The summed E-state index contributed by atoms with van der Waals surface area (Å²) in [7, 11) is 0. The number of rotatable bonds is 7. The van der Waals surface area contributed by atoms with Crippen molar-refractivity contribution in [1.82, 2.24) is 0 Å². The van der Waals surface area contributed by atoms with Crippen LogP contribution in [0.5, 0.6) is 0 Å². The standard InChI is InChI=1S/C54H36N2O/c1-4-16-41(17-5-1)55(42-18-6-2-7-19-42)44-28-24-38(25-29-44)40-27-32-49-51(35-40)47-22-12-13-23-48(47)53-50-33-31-46(36-52(50)57-54(49)53)56(43-20-8-3-9-21-43)45-30-26-37-14-10-11-15-39(37)34-45/h1-36H. The summed E-state index contributed by atoms with van der Waals surface area (Å²) < 4.78 is 6.95. The van der Waals surface area contributed by atoms with Gasteiger partial charge >= 0.3 is 0 Å². The fourth-order valence-corrected chi connectivity index (χ4v) is 8.51. The van der Waals surface area contributed by atoms with Crippen molar-refractivity contribution in [2.24, 2.45) is 0 Å². The SMILES string of the molecule is c1ccc(N(c2ccccc2)c2ccc(-c3ccc4c(c3)c3ccccc3c3c5ccc(N(c6ccccc6)c6ccc7ccccc7c6)cc5oc43)cc2)cc1. The van der Waals surface area contributed by atoms with Gasteiger partial charge in [0.1, 0.15) is 11.2 Å². The van der Waals surface area contributed by atoms with E-state index in [0.29, 0.717) is 0 Å². The van der Waals surface area contributed by atoms with E-state index in [-0.39, 0.29) is 0 Å². The normalized spacial score (nSPS) is 11.5. The van der Waals surface area contributed by atoms with Crippen LogP contribution in [0, 0.1) is 0 Å². The maximum atomic E-state index is 6.95. The Hall–Kier alpha value is -7.62. The van der Waals surface area contributed by atoms with E-state index in [2.05, 4.69) is 228 Å². The average molecular weight is 729 g/mol. The first-order valence-electron chi connectivity index (χ1n) is 19.4. The molecule has 0 bridgehead atoms. The minimum Gasteiger partial charge on any atom is -0.455 e. The Morgan fingerprint density at radius 1 is 0.281 bits per heavy atom. The zero-order chi connectivity index (χ0) is 37.7. The number of nitrogens with zero attached hydrogens (tertiary/aromatic N) is 2. The molecule has 0 aliphatic heterocycles. The van der Waals surface area contributed by atoms with E-state index in [0.717, 1.165) is 72.6 Å². The highest BCUT2D eigenvalue weighted by molar-refractivity contribution is 6.30. The summed E-state index contributed by atoms with van der Waals surface area (Å²) >= 11 is 0. The van der Waals surface area contributed by atoms with E-state index < -0.39 is 0 Å². The van der Waals surface area contributed by atoms with Gasteiger partial charge in [0.25, 0.3) is 0 Å². The molecule has 10 aromatic carbocycles. The van der Waals surface area contributed by atoms with Crippen LogP contribution in [-0.4, -0.2) is 0 Å². The quantitative estimate of drug-likeness (QED) is 0.152. The summed E-state index contributed by atoms with van der Waals surface area (Å²) in [6.45, 7) is 0. The first-order valence-corrected chi connectivity index (χ1v) is 19.4. The predicted molar refractivity (Wildman–Crippen MR) is 241 cm³/mol. The van der Waals surface area contributed by atoms with Gasteiger partial charge in [-0.3, -0.25) is 0 Å². The molecule has 0 fully saturated rings. The smallest absolute Gasteiger partial charge is 0.143 e. The Morgan fingerprint density at radius 3 is 1.46 bits per heavy atom. The molecule has 11 rings (SSSR count). The minimum atomic E-state index is 0.864. The molecule has 0 unspecified atom stereocenters. The zero-order valence-electron chi connectivity index (χ0n) is 31.1. The van der Waals surface area contributed by atoms with Crippen molar-refractivity contribution in [2.75, 3.05) is 9.80 Å². The maximum absolute atomic E-state index is 6.95. The van der Waals surface area contributed by atoms with Crippen LogP contribution in [0.4, 0.5) is 34.1 Å². The molecule has 0 radical (unpaired) electrons. The molecule has 1 heterocycles. The summed E-state index contributed by atoms with van der Waals surface area (Å²) in [4.78, 5) is 4.61. The first kappa shape index (κ1) is 32.8. The predicted octanol–water partition coefficient (Wildman–Crippen LogP) is 15.7. The molecule has 1 aromatic heterocycles. The molecule has 3 heteroatoms. The summed E-state index contributed by atoms with van der Waals surface area (Å²) in [5.74, 6) is 0. The van der Waals surface area contributed by atoms with Crippen LogP contribution in [0.15, 0.2) is 223 Å². The largest absolute Gasteiger partial charge is 0.455 e. The van der Waals surface area contributed by atoms with Gasteiger partial charge in [0.15, 0.2) is 0 Å². The molecule has 0 amide bonds. The molecule has 0 N–H and O–H groups in total. The monoisotopic (exact) mass is 728 g/mol. The highest BCUT2D eigenvalue weighted by atomic mass is 16.3. The van der Waals surface area contributed by atoms with Crippen LogP contribution in [0.2, 0.25) is 0 Å². The van der Waals surface area contributed by atoms with E-state index in [9.17, 15) is 0 Å². The van der Waals surface area contributed by atoms with Crippen molar-refractivity contribution in [1.29, 1.82) is 0 Å². The van der Waals surface area contributed by atoms with Gasteiger partial charge in [0.2, 0.25) is 0 Å². The van der Waals surface area contributed by atoms with E-state index in [1.54, 1.807) is 0 Å². The fraction of sp³-hybridized carbons (Fsp3) is 0. The maximum Gasteiger partial charge on any atom is 0.143 e. The first-order chi connectivity index (χ1) is 28.3. The molecule has 0 saturated heterocycles. The van der Waals surface area contributed by atoms with Crippen molar-refractivity contribution in [3.8, 4) is 11.1 Å². The van der Waals surface area contributed by atoms with Gasteiger partial charge in [-0.1, -0.05) is 127 Å². The molecule has 0 saturated carbocycles. The van der Waals surface area contributed by atoms with Crippen LogP contribution in [0.1, 0.15) is 0 Å². The average Bonchev–Trinajstić information content (AvgIpc) is 3.67.